The lowest BCUT2D eigenvalue weighted by Gasteiger charge is -2.45. The highest BCUT2D eigenvalue weighted by Gasteiger charge is 2.53. The van der Waals surface area contributed by atoms with E-state index < -0.39 is 16.2 Å². The monoisotopic (exact) mass is 773 g/mol. The van der Waals surface area contributed by atoms with E-state index in [0.717, 1.165) is 83.1 Å². The molecule has 0 N–H and O–H groups in total. The first-order valence-corrected chi connectivity index (χ1v) is 21.1. The van der Waals surface area contributed by atoms with Crippen LogP contribution in [0.4, 0.5) is 34.3 Å². The molecule has 3 aliphatic rings. The van der Waals surface area contributed by atoms with Crippen LogP contribution in [0.15, 0.2) is 222 Å². The van der Waals surface area contributed by atoms with E-state index in [-0.39, 0.29) is 0 Å². The molecule has 4 nitrogen and oxygen atoms in total. The third kappa shape index (κ3) is 4.83. The van der Waals surface area contributed by atoms with Gasteiger partial charge in [-0.05, 0) is 93.5 Å². The first-order chi connectivity index (χ1) is 29.2. The van der Waals surface area contributed by atoms with E-state index in [4.69, 9.17) is 4.98 Å². The fourth-order valence-electron chi connectivity index (χ4n) is 9.84. The summed E-state index contributed by atoms with van der Waals surface area (Å²) in [7, 11) is -1.51. The van der Waals surface area contributed by atoms with E-state index in [1.54, 1.807) is 0 Å². The van der Waals surface area contributed by atoms with Gasteiger partial charge in [0, 0.05) is 16.8 Å². The first kappa shape index (κ1) is 33.8. The summed E-state index contributed by atoms with van der Waals surface area (Å²) in [6, 6.07) is 74.8. The summed E-state index contributed by atoms with van der Waals surface area (Å²) < 4.78 is 15.5. The van der Waals surface area contributed by atoms with Crippen molar-refractivity contribution in [2.75, 3.05) is 9.80 Å². The molecule has 1 atom stereocenters. The van der Waals surface area contributed by atoms with E-state index in [1.165, 1.54) is 16.7 Å². The summed E-state index contributed by atoms with van der Waals surface area (Å²) in [5.74, 6) is 0.767. The molecule has 1 unspecified atom stereocenters. The Morgan fingerprint density at radius 1 is 0.424 bits per heavy atom. The molecule has 8 aromatic carbocycles. The lowest BCUT2D eigenvalue weighted by Crippen LogP contribution is -2.36. The minimum atomic E-state index is -1.51. The van der Waals surface area contributed by atoms with Crippen LogP contribution < -0.4 is 9.80 Å². The van der Waals surface area contributed by atoms with Gasteiger partial charge in [-0.25, -0.2) is 9.19 Å². The van der Waals surface area contributed by atoms with Crippen LogP contribution in [0.3, 0.4) is 0 Å². The van der Waals surface area contributed by atoms with Crippen molar-refractivity contribution in [1.82, 2.24) is 4.98 Å². The van der Waals surface area contributed by atoms with Gasteiger partial charge >= 0.3 is 0 Å². The van der Waals surface area contributed by atoms with Crippen molar-refractivity contribution in [1.29, 1.82) is 0 Å². The molecule has 0 fully saturated rings. The van der Waals surface area contributed by atoms with Gasteiger partial charge in [0.1, 0.15) is 5.82 Å². The molecule has 5 heteroatoms. The van der Waals surface area contributed by atoms with E-state index in [2.05, 4.69) is 192 Å². The van der Waals surface area contributed by atoms with Crippen LogP contribution in [-0.4, -0.2) is 9.19 Å². The quantitative estimate of drug-likeness (QED) is 0.178. The van der Waals surface area contributed by atoms with Crippen LogP contribution in [0.5, 0.6) is 0 Å². The zero-order chi connectivity index (χ0) is 39.1. The minimum Gasteiger partial charge on any atom is -0.310 e. The summed E-state index contributed by atoms with van der Waals surface area (Å²) in [5, 5.41) is 0. The van der Waals surface area contributed by atoms with Crippen molar-refractivity contribution in [3.05, 3.63) is 235 Å². The molecular weight excluding hydrogens is 739 g/mol. The number of pyridine rings is 1. The Labute approximate surface area is 345 Å². The molecule has 0 bridgehead atoms. The number of anilines is 6. The maximum Gasteiger partial charge on any atom is 0.138 e. The number of aromatic nitrogens is 1. The number of hydrogen-bond donors (Lipinski definition) is 0. The standard InChI is InChI=1S/C54H35N3OS/c58-59-50-31-17-16-30-48(50)57(51-35-38(36-18-4-1-5-19-36)34-45(55-51)37-20-6-2-7-21-37)49-33-32-44-52(53(49)59)40-24-10-11-25-41(40)54(44)42-26-12-14-28-46(42)56(39-22-8-3-9-23-39)47-29-15-13-27-43(47)54/h1-35H. The normalized spacial score (nSPS) is 15.1. The predicted octanol–water partition coefficient (Wildman–Crippen LogP) is 13.5. The number of rotatable bonds is 4. The van der Waals surface area contributed by atoms with Crippen molar-refractivity contribution in [3.63, 3.8) is 0 Å². The number of nitrogens with zero attached hydrogens (tertiary/aromatic N) is 3. The van der Waals surface area contributed by atoms with E-state index in [1.807, 2.05) is 30.3 Å². The van der Waals surface area contributed by atoms with Crippen LogP contribution >= 0.6 is 0 Å². The highest BCUT2D eigenvalue weighted by molar-refractivity contribution is 7.85. The van der Waals surface area contributed by atoms with Gasteiger partial charge < -0.3 is 4.90 Å². The Hall–Kier alpha value is -7.34. The van der Waals surface area contributed by atoms with Gasteiger partial charge in [-0.3, -0.25) is 4.90 Å². The molecule has 278 valence electrons. The van der Waals surface area contributed by atoms with Gasteiger partial charge in [0.25, 0.3) is 0 Å². The van der Waals surface area contributed by atoms with Gasteiger partial charge in [-0.1, -0.05) is 158 Å². The molecule has 1 aliphatic carbocycles. The molecule has 0 amide bonds. The van der Waals surface area contributed by atoms with Gasteiger partial charge in [0.15, 0.2) is 0 Å². The van der Waals surface area contributed by atoms with Gasteiger partial charge in [-0.2, -0.15) is 0 Å². The lowest BCUT2D eigenvalue weighted by atomic mass is 9.64. The highest BCUT2D eigenvalue weighted by Crippen LogP contribution is 2.65. The molecular formula is C54H35N3OS. The number of fused-ring (bicyclic) bond motifs is 12. The Kier molecular flexibility index (Phi) is 7.50. The second kappa shape index (κ2) is 13.1. The molecule has 1 spiro atoms. The predicted molar refractivity (Wildman–Crippen MR) is 240 cm³/mol. The van der Waals surface area contributed by atoms with Gasteiger partial charge in [0.2, 0.25) is 0 Å². The lowest BCUT2D eigenvalue weighted by molar-refractivity contribution is 0.682. The maximum absolute atomic E-state index is 15.5. The summed E-state index contributed by atoms with van der Waals surface area (Å²) in [6.07, 6.45) is 0. The minimum absolute atomic E-state index is 0.669. The van der Waals surface area contributed by atoms with Crippen LogP contribution in [0, 0.1) is 0 Å². The highest BCUT2D eigenvalue weighted by atomic mass is 32.2. The topological polar surface area (TPSA) is 36.4 Å². The van der Waals surface area contributed by atoms with Crippen LogP contribution in [0.2, 0.25) is 0 Å². The van der Waals surface area contributed by atoms with Crippen LogP contribution in [0.1, 0.15) is 22.3 Å². The summed E-state index contributed by atoms with van der Waals surface area (Å²) in [4.78, 5) is 11.6. The van der Waals surface area contributed by atoms with Crippen molar-refractivity contribution < 1.29 is 4.21 Å². The zero-order valence-corrected chi connectivity index (χ0v) is 32.7. The van der Waals surface area contributed by atoms with Crippen LogP contribution in [-0.2, 0) is 16.2 Å². The number of benzene rings is 8. The fourth-order valence-corrected chi connectivity index (χ4v) is 11.4. The molecule has 0 saturated carbocycles. The molecule has 12 rings (SSSR count). The molecule has 1 aromatic heterocycles. The average molecular weight is 774 g/mol. The van der Waals surface area contributed by atoms with Gasteiger partial charge in [-0.15, -0.1) is 0 Å². The van der Waals surface area contributed by atoms with Gasteiger partial charge in [0.05, 0.1) is 54.4 Å². The summed E-state index contributed by atoms with van der Waals surface area (Å²) >= 11 is 0. The molecule has 0 radical (unpaired) electrons. The Balaban J connectivity index is 1.16. The summed E-state index contributed by atoms with van der Waals surface area (Å²) in [5.41, 5.74) is 15.3. The average Bonchev–Trinajstić information content (AvgIpc) is 3.60. The van der Waals surface area contributed by atoms with Crippen molar-refractivity contribution in [2.24, 2.45) is 0 Å². The molecule has 3 heterocycles. The van der Waals surface area contributed by atoms with Crippen molar-refractivity contribution >= 4 is 45.1 Å². The first-order valence-electron chi connectivity index (χ1n) is 20.0. The Morgan fingerprint density at radius 3 is 1.68 bits per heavy atom. The van der Waals surface area contributed by atoms with Crippen LogP contribution in [0.25, 0.3) is 33.5 Å². The van der Waals surface area contributed by atoms with E-state index in [0.29, 0.717) is 0 Å². The van der Waals surface area contributed by atoms with E-state index >= 15 is 4.21 Å². The second-order valence-electron chi connectivity index (χ2n) is 15.2. The molecule has 9 aromatic rings. The van der Waals surface area contributed by atoms with E-state index in [9.17, 15) is 0 Å². The SMILES string of the molecule is O=S1c2ccccc2N(c2cc(-c3ccccc3)cc(-c3ccccc3)n2)c2ccc3c(c21)-c1ccccc1C31c2ccccc2N(c2ccccc2)c2ccccc21. The largest absolute Gasteiger partial charge is 0.310 e. The molecule has 2 aliphatic heterocycles. The van der Waals surface area contributed by atoms with Crippen molar-refractivity contribution in [3.8, 4) is 33.5 Å². The third-order valence-corrected chi connectivity index (χ3v) is 13.7. The Bertz CT molecular complexity index is 3040. The Morgan fingerprint density at radius 2 is 0.983 bits per heavy atom. The third-order valence-electron chi connectivity index (χ3n) is 12.2. The smallest absolute Gasteiger partial charge is 0.138 e. The number of para-hydroxylation sites is 4. The molecule has 0 saturated heterocycles. The molecule has 59 heavy (non-hydrogen) atoms. The summed E-state index contributed by atoms with van der Waals surface area (Å²) in [6.45, 7) is 0. The zero-order valence-electron chi connectivity index (χ0n) is 31.9. The number of hydrogen-bond acceptors (Lipinski definition) is 4. The fraction of sp³-hybridized carbons (Fsp3) is 0.0185. The maximum atomic E-state index is 15.5. The van der Waals surface area contributed by atoms with Crippen molar-refractivity contribution in [2.45, 2.75) is 15.2 Å². The second-order valence-corrected chi connectivity index (χ2v) is 16.6.